The molecule has 1 heterocycles. The molecule has 2 rings (SSSR count). The van der Waals surface area contributed by atoms with Crippen LogP contribution in [-0.2, 0) is 4.74 Å². The van der Waals surface area contributed by atoms with Gasteiger partial charge in [0.15, 0.2) is 0 Å². The summed E-state index contributed by atoms with van der Waals surface area (Å²) in [6, 6.07) is 4.35. The summed E-state index contributed by atoms with van der Waals surface area (Å²) in [4.78, 5) is 0. The molecule has 1 aromatic carbocycles. The van der Waals surface area contributed by atoms with Crippen molar-refractivity contribution in [2.24, 2.45) is 5.41 Å². The van der Waals surface area contributed by atoms with Gasteiger partial charge >= 0.3 is 0 Å². The van der Waals surface area contributed by atoms with E-state index in [1.54, 1.807) is 7.11 Å². The summed E-state index contributed by atoms with van der Waals surface area (Å²) in [6.45, 7) is 5.41. The average Bonchev–Trinajstić information content (AvgIpc) is 2.33. The van der Waals surface area contributed by atoms with E-state index in [1.165, 1.54) is 5.56 Å². The van der Waals surface area contributed by atoms with E-state index in [0.717, 1.165) is 16.9 Å². The quantitative estimate of drug-likeness (QED) is 0.848. The number of rotatable bonds is 5. The number of benzene rings is 1. The predicted octanol–water partition coefficient (Wildman–Crippen LogP) is 1.58. The zero-order valence-electron chi connectivity index (χ0n) is 12.1. The molecule has 106 valence electrons. The molecule has 0 spiro atoms. The molecular formula is C15H23NO3. The maximum atomic E-state index is 9.69. The van der Waals surface area contributed by atoms with Crippen molar-refractivity contribution in [3.8, 4) is 5.75 Å². The summed E-state index contributed by atoms with van der Waals surface area (Å²) in [7, 11) is 3.62. The molecule has 19 heavy (non-hydrogen) atoms. The number of aliphatic hydroxyl groups is 1. The Kier molecular flexibility index (Phi) is 4.13. The highest BCUT2D eigenvalue weighted by molar-refractivity contribution is 5.44. The van der Waals surface area contributed by atoms with Gasteiger partial charge < -0.3 is 19.9 Å². The van der Waals surface area contributed by atoms with Crippen molar-refractivity contribution >= 4 is 0 Å². The molecule has 0 radical (unpaired) electrons. The van der Waals surface area contributed by atoms with Crippen molar-refractivity contribution in [2.45, 2.75) is 19.9 Å². The van der Waals surface area contributed by atoms with Crippen LogP contribution in [0, 0.1) is 19.3 Å². The summed E-state index contributed by atoms with van der Waals surface area (Å²) in [5, 5.41) is 13.0. The standard InChI is InChI=1S/C15H23NO3/c1-10-5-12(6-11(2)13(10)18-4)14(16-3)15(7-17)8-19-9-15/h5-6,14,16-17H,7-9H2,1-4H3. The molecule has 4 nitrogen and oxygen atoms in total. The number of aliphatic hydroxyl groups excluding tert-OH is 1. The van der Waals surface area contributed by atoms with E-state index >= 15 is 0 Å². The van der Waals surface area contributed by atoms with E-state index < -0.39 is 0 Å². The summed E-state index contributed by atoms with van der Waals surface area (Å²) in [5.41, 5.74) is 3.20. The van der Waals surface area contributed by atoms with Crippen LogP contribution in [0.2, 0.25) is 0 Å². The topological polar surface area (TPSA) is 50.7 Å². The van der Waals surface area contributed by atoms with Crippen molar-refractivity contribution in [2.75, 3.05) is 34.0 Å². The van der Waals surface area contributed by atoms with Gasteiger partial charge in [-0.3, -0.25) is 0 Å². The third-order valence-corrected chi connectivity index (χ3v) is 4.02. The lowest BCUT2D eigenvalue weighted by atomic mass is 9.75. The van der Waals surface area contributed by atoms with Crippen molar-refractivity contribution in [1.82, 2.24) is 5.32 Å². The Hall–Kier alpha value is -1.10. The summed E-state index contributed by atoms with van der Waals surface area (Å²) in [5.74, 6) is 0.932. The molecule has 4 heteroatoms. The lowest BCUT2D eigenvalue weighted by molar-refractivity contribution is -0.155. The smallest absolute Gasteiger partial charge is 0.124 e. The molecular weight excluding hydrogens is 242 g/mol. The fourth-order valence-corrected chi connectivity index (χ4v) is 3.01. The number of ether oxygens (including phenoxy) is 2. The minimum atomic E-state index is -0.206. The van der Waals surface area contributed by atoms with Gasteiger partial charge in [-0.2, -0.15) is 0 Å². The molecule has 0 bridgehead atoms. The highest BCUT2D eigenvalue weighted by atomic mass is 16.5. The van der Waals surface area contributed by atoms with E-state index in [0.29, 0.717) is 13.2 Å². The van der Waals surface area contributed by atoms with Gasteiger partial charge in [-0.25, -0.2) is 0 Å². The lowest BCUT2D eigenvalue weighted by Gasteiger charge is -2.46. The Morgan fingerprint density at radius 3 is 2.26 bits per heavy atom. The first-order valence-electron chi connectivity index (χ1n) is 6.59. The molecule has 0 aliphatic carbocycles. The maximum absolute atomic E-state index is 9.69. The molecule has 1 unspecified atom stereocenters. The van der Waals surface area contributed by atoms with Crippen LogP contribution in [0.5, 0.6) is 5.75 Å². The van der Waals surface area contributed by atoms with Crippen molar-refractivity contribution < 1.29 is 14.6 Å². The van der Waals surface area contributed by atoms with Crippen LogP contribution in [0.3, 0.4) is 0 Å². The second-order valence-corrected chi connectivity index (χ2v) is 5.42. The van der Waals surface area contributed by atoms with Crippen LogP contribution in [-0.4, -0.2) is 39.1 Å². The van der Waals surface area contributed by atoms with Crippen LogP contribution in [0.15, 0.2) is 12.1 Å². The molecule has 1 fully saturated rings. The summed E-state index contributed by atoms with van der Waals surface area (Å²) >= 11 is 0. The lowest BCUT2D eigenvalue weighted by Crippen LogP contribution is -2.53. The van der Waals surface area contributed by atoms with E-state index in [1.807, 2.05) is 20.9 Å². The van der Waals surface area contributed by atoms with Crippen LogP contribution in [0.4, 0.5) is 0 Å². The number of methoxy groups -OCH3 is 1. The van der Waals surface area contributed by atoms with E-state index in [4.69, 9.17) is 9.47 Å². The maximum Gasteiger partial charge on any atom is 0.124 e. The number of hydrogen-bond donors (Lipinski definition) is 2. The molecule has 1 aliphatic rings. The number of hydrogen-bond acceptors (Lipinski definition) is 4. The zero-order valence-corrected chi connectivity index (χ0v) is 12.1. The first kappa shape index (κ1) is 14.3. The highest BCUT2D eigenvalue weighted by Gasteiger charge is 2.45. The van der Waals surface area contributed by atoms with Crippen LogP contribution < -0.4 is 10.1 Å². The third kappa shape index (κ3) is 2.36. The fourth-order valence-electron chi connectivity index (χ4n) is 3.01. The van der Waals surface area contributed by atoms with Crippen LogP contribution in [0.25, 0.3) is 0 Å². The molecule has 2 N–H and O–H groups in total. The van der Waals surface area contributed by atoms with Gasteiger partial charge in [0.1, 0.15) is 5.75 Å². The summed E-state index contributed by atoms with van der Waals surface area (Å²) in [6.07, 6.45) is 0. The Bertz CT molecular complexity index is 426. The molecule has 1 aromatic rings. The van der Waals surface area contributed by atoms with Gasteiger partial charge in [-0.1, -0.05) is 12.1 Å². The number of aryl methyl sites for hydroxylation is 2. The summed E-state index contributed by atoms with van der Waals surface area (Å²) < 4.78 is 10.7. The van der Waals surface area contributed by atoms with Crippen molar-refractivity contribution in [3.05, 3.63) is 28.8 Å². The van der Waals surface area contributed by atoms with Crippen LogP contribution >= 0.6 is 0 Å². The predicted molar refractivity (Wildman–Crippen MR) is 74.6 cm³/mol. The Morgan fingerprint density at radius 1 is 1.37 bits per heavy atom. The second kappa shape index (κ2) is 5.49. The minimum Gasteiger partial charge on any atom is -0.496 e. The van der Waals surface area contributed by atoms with Gasteiger partial charge in [-0.05, 0) is 37.6 Å². The molecule has 0 amide bonds. The van der Waals surface area contributed by atoms with Crippen LogP contribution in [0.1, 0.15) is 22.7 Å². The zero-order chi connectivity index (χ0) is 14.0. The SMILES string of the molecule is CNC(c1cc(C)c(OC)c(C)c1)C1(CO)COC1. The Balaban J connectivity index is 2.39. The first-order chi connectivity index (χ1) is 9.07. The van der Waals surface area contributed by atoms with Gasteiger partial charge in [0.25, 0.3) is 0 Å². The van der Waals surface area contributed by atoms with Gasteiger partial charge in [0.2, 0.25) is 0 Å². The minimum absolute atomic E-state index is 0.0922. The molecule has 0 aromatic heterocycles. The fraction of sp³-hybridized carbons (Fsp3) is 0.600. The van der Waals surface area contributed by atoms with Crippen molar-refractivity contribution in [3.63, 3.8) is 0 Å². The Labute approximate surface area is 114 Å². The monoisotopic (exact) mass is 265 g/mol. The van der Waals surface area contributed by atoms with Gasteiger partial charge in [0, 0.05) is 6.04 Å². The third-order valence-electron chi connectivity index (χ3n) is 4.02. The molecule has 1 saturated heterocycles. The molecule has 1 atom stereocenters. The normalized spacial score (nSPS) is 18.8. The largest absolute Gasteiger partial charge is 0.496 e. The first-order valence-corrected chi connectivity index (χ1v) is 6.59. The molecule has 0 saturated carbocycles. The molecule has 1 aliphatic heterocycles. The van der Waals surface area contributed by atoms with Gasteiger partial charge in [0.05, 0.1) is 32.3 Å². The van der Waals surface area contributed by atoms with Gasteiger partial charge in [-0.15, -0.1) is 0 Å². The Morgan fingerprint density at radius 2 is 1.95 bits per heavy atom. The van der Waals surface area contributed by atoms with E-state index in [9.17, 15) is 5.11 Å². The van der Waals surface area contributed by atoms with Crippen molar-refractivity contribution in [1.29, 1.82) is 0 Å². The highest BCUT2D eigenvalue weighted by Crippen LogP contribution is 2.41. The number of nitrogens with one attached hydrogen (secondary N) is 1. The van der Waals surface area contributed by atoms with E-state index in [2.05, 4.69) is 17.4 Å². The second-order valence-electron chi connectivity index (χ2n) is 5.42. The van der Waals surface area contributed by atoms with E-state index in [-0.39, 0.29) is 18.1 Å². The average molecular weight is 265 g/mol.